The minimum Gasteiger partial charge on any atom is -0.354 e. The van der Waals surface area contributed by atoms with E-state index in [1.807, 2.05) is 0 Å². The predicted octanol–water partition coefficient (Wildman–Crippen LogP) is -1.19. The fourth-order valence-electron chi connectivity index (χ4n) is 1.50. The maximum Gasteiger partial charge on any atom is 0.234 e. The Hall–Kier alpha value is -0.320. The second-order valence-electron chi connectivity index (χ2n) is 3.13. The summed E-state index contributed by atoms with van der Waals surface area (Å²) in [6.45, 7) is 4.51. The normalized spacial score (nSPS) is 25.5. The maximum atomic E-state index is 10.9. The lowest BCUT2D eigenvalue weighted by Crippen LogP contribution is -2.62. The molecule has 1 amide bonds. The first-order valence-electron chi connectivity index (χ1n) is 4.08. The Labute approximate surface area is 78.1 Å². The first-order chi connectivity index (χ1) is 5.36. The molecule has 12 heavy (non-hydrogen) atoms. The van der Waals surface area contributed by atoms with Crippen LogP contribution in [-0.4, -0.2) is 49.6 Å². The first kappa shape index (κ1) is 9.77. The van der Waals surface area contributed by atoms with E-state index in [0.29, 0.717) is 12.6 Å². The molecule has 70 valence electrons. The molecule has 2 N–H and O–H groups in total. The van der Waals surface area contributed by atoms with Gasteiger partial charge in [-0.25, -0.2) is 0 Å². The SMILES string of the molecule is Cl.O=C1CN(C2CNC2)CCN1. The number of hydrogen-bond donors (Lipinski definition) is 2. The third-order valence-electron chi connectivity index (χ3n) is 2.34. The Morgan fingerprint density at radius 3 is 2.67 bits per heavy atom. The van der Waals surface area contributed by atoms with Crippen molar-refractivity contribution in [3.05, 3.63) is 0 Å². The molecule has 0 aromatic rings. The van der Waals surface area contributed by atoms with Gasteiger partial charge in [0, 0.05) is 32.2 Å². The van der Waals surface area contributed by atoms with Gasteiger partial charge in [0.25, 0.3) is 0 Å². The minimum absolute atomic E-state index is 0. The highest BCUT2D eigenvalue weighted by atomic mass is 35.5. The zero-order valence-electron chi connectivity index (χ0n) is 6.88. The minimum atomic E-state index is 0. The summed E-state index contributed by atoms with van der Waals surface area (Å²) in [5, 5.41) is 6.01. The Morgan fingerprint density at radius 2 is 2.17 bits per heavy atom. The second kappa shape index (κ2) is 4.07. The molecule has 2 heterocycles. The summed E-state index contributed by atoms with van der Waals surface area (Å²) < 4.78 is 0. The molecule has 4 nitrogen and oxygen atoms in total. The lowest BCUT2D eigenvalue weighted by atomic mass is 10.1. The standard InChI is InChI=1S/C7H13N3O.ClH/c11-7-5-10(2-1-9-7)6-3-8-4-6;/h6,8H,1-5H2,(H,9,11);1H. The number of carbonyl (C=O) groups excluding carboxylic acids is 1. The van der Waals surface area contributed by atoms with Crippen LogP contribution in [0.5, 0.6) is 0 Å². The Kier molecular flexibility index (Phi) is 3.31. The van der Waals surface area contributed by atoms with Gasteiger partial charge < -0.3 is 10.6 Å². The third-order valence-corrected chi connectivity index (χ3v) is 2.34. The van der Waals surface area contributed by atoms with E-state index in [-0.39, 0.29) is 18.3 Å². The molecule has 0 aromatic carbocycles. The molecule has 0 aliphatic carbocycles. The summed E-state index contributed by atoms with van der Waals surface area (Å²) in [4.78, 5) is 13.2. The van der Waals surface area contributed by atoms with E-state index in [4.69, 9.17) is 0 Å². The highest BCUT2D eigenvalue weighted by Crippen LogP contribution is 2.05. The van der Waals surface area contributed by atoms with Crippen molar-refractivity contribution in [2.24, 2.45) is 0 Å². The Balaban J connectivity index is 0.000000720. The highest BCUT2D eigenvalue weighted by molar-refractivity contribution is 5.85. The molecule has 2 saturated heterocycles. The molecule has 0 spiro atoms. The van der Waals surface area contributed by atoms with E-state index in [1.54, 1.807) is 0 Å². The van der Waals surface area contributed by atoms with Gasteiger partial charge in [-0.2, -0.15) is 0 Å². The number of carbonyl (C=O) groups is 1. The van der Waals surface area contributed by atoms with Crippen LogP contribution in [0.15, 0.2) is 0 Å². The average Bonchev–Trinajstić information content (AvgIpc) is 1.83. The monoisotopic (exact) mass is 191 g/mol. The summed E-state index contributed by atoms with van der Waals surface area (Å²) in [6.07, 6.45) is 0. The van der Waals surface area contributed by atoms with Crippen LogP contribution in [0.3, 0.4) is 0 Å². The van der Waals surface area contributed by atoms with Crippen LogP contribution in [-0.2, 0) is 4.79 Å². The number of halogens is 1. The van der Waals surface area contributed by atoms with Crippen LogP contribution in [0.25, 0.3) is 0 Å². The van der Waals surface area contributed by atoms with E-state index >= 15 is 0 Å². The van der Waals surface area contributed by atoms with Crippen molar-refractivity contribution in [2.45, 2.75) is 6.04 Å². The summed E-state index contributed by atoms with van der Waals surface area (Å²) in [5.74, 6) is 0.170. The fraction of sp³-hybridized carbons (Fsp3) is 0.857. The van der Waals surface area contributed by atoms with E-state index in [9.17, 15) is 4.79 Å². The lowest BCUT2D eigenvalue weighted by molar-refractivity contribution is -0.125. The topological polar surface area (TPSA) is 44.4 Å². The van der Waals surface area contributed by atoms with Gasteiger partial charge in [0.15, 0.2) is 0 Å². The molecule has 0 atom stereocenters. The molecule has 2 rings (SSSR count). The third kappa shape index (κ3) is 1.88. The first-order valence-corrected chi connectivity index (χ1v) is 4.08. The summed E-state index contributed by atoms with van der Waals surface area (Å²) in [6, 6.07) is 0.612. The molecular weight excluding hydrogens is 178 g/mol. The van der Waals surface area contributed by atoms with Crippen molar-refractivity contribution in [3.8, 4) is 0 Å². The van der Waals surface area contributed by atoms with E-state index in [1.165, 1.54) is 0 Å². The summed E-state index contributed by atoms with van der Waals surface area (Å²) in [5.41, 5.74) is 0. The quantitative estimate of drug-likeness (QED) is 0.548. The van der Waals surface area contributed by atoms with Gasteiger partial charge in [-0.15, -0.1) is 12.4 Å². The molecule has 2 aliphatic rings. The van der Waals surface area contributed by atoms with Crippen molar-refractivity contribution in [2.75, 3.05) is 32.7 Å². The number of amides is 1. The number of nitrogens with zero attached hydrogens (tertiary/aromatic N) is 1. The molecule has 0 unspecified atom stereocenters. The average molecular weight is 192 g/mol. The Morgan fingerprint density at radius 1 is 1.42 bits per heavy atom. The summed E-state index contributed by atoms with van der Waals surface area (Å²) in [7, 11) is 0. The van der Waals surface area contributed by atoms with Crippen molar-refractivity contribution in [1.82, 2.24) is 15.5 Å². The number of hydrogen-bond acceptors (Lipinski definition) is 3. The van der Waals surface area contributed by atoms with Gasteiger partial charge in [0.1, 0.15) is 0 Å². The highest BCUT2D eigenvalue weighted by Gasteiger charge is 2.27. The predicted molar refractivity (Wildman–Crippen MR) is 48.5 cm³/mol. The van der Waals surface area contributed by atoms with Gasteiger partial charge in [-0.05, 0) is 0 Å². The van der Waals surface area contributed by atoms with Crippen LogP contribution < -0.4 is 10.6 Å². The molecule has 0 bridgehead atoms. The molecular formula is C7H14ClN3O. The summed E-state index contributed by atoms with van der Waals surface area (Å²) >= 11 is 0. The zero-order chi connectivity index (χ0) is 7.68. The van der Waals surface area contributed by atoms with E-state index in [2.05, 4.69) is 15.5 Å². The van der Waals surface area contributed by atoms with E-state index in [0.717, 1.165) is 26.2 Å². The second-order valence-corrected chi connectivity index (χ2v) is 3.13. The van der Waals surface area contributed by atoms with Crippen LogP contribution in [0, 0.1) is 0 Å². The largest absolute Gasteiger partial charge is 0.354 e. The van der Waals surface area contributed by atoms with Crippen LogP contribution in [0.4, 0.5) is 0 Å². The molecule has 0 radical (unpaired) electrons. The molecule has 5 heteroatoms. The smallest absolute Gasteiger partial charge is 0.234 e. The van der Waals surface area contributed by atoms with Gasteiger partial charge >= 0.3 is 0 Å². The van der Waals surface area contributed by atoms with E-state index < -0.39 is 0 Å². The van der Waals surface area contributed by atoms with Crippen LogP contribution in [0.1, 0.15) is 0 Å². The zero-order valence-corrected chi connectivity index (χ0v) is 7.69. The molecule has 2 fully saturated rings. The number of nitrogens with one attached hydrogen (secondary N) is 2. The van der Waals surface area contributed by atoms with Crippen molar-refractivity contribution in [3.63, 3.8) is 0 Å². The van der Waals surface area contributed by atoms with Crippen molar-refractivity contribution < 1.29 is 4.79 Å². The van der Waals surface area contributed by atoms with Gasteiger partial charge in [-0.1, -0.05) is 0 Å². The van der Waals surface area contributed by atoms with Gasteiger partial charge in [0.2, 0.25) is 5.91 Å². The number of piperazine rings is 1. The van der Waals surface area contributed by atoms with Crippen molar-refractivity contribution >= 4 is 18.3 Å². The number of rotatable bonds is 1. The van der Waals surface area contributed by atoms with Crippen LogP contribution >= 0.6 is 12.4 Å². The molecule has 0 aromatic heterocycles. The lowest BCUT2D eigenvalue weighted by Gasteiger charge is -2.39. The Bertz CT molecular complexity index is 172. The van der Waals surface area contributed by atoms with Gasteiger partial charge in [0.05, 0.1) is 6.54 Å². The van der Waals surface area contributed by atoms with Crippen LogP contribution in [0.2, 0.25) is 0 Å². The van der Waals surface area contributed by atoms with Crippen molar-refractivity contribution in [1.29, 1.82) is 0 Å². The molecule has 2 aliphatic heterocycles. The maximum absolute atomic E-state index is 10.9. The fourth-order valence-corrected chi connectivity index (χ4v) is 1.50. The molecule has 0 saturated carbocycles. The van der Waals surface area contributed by atoms with Gasteiger partial charge in [-0.3, -0.25) is 9.69 Å².